The summed E-state index contributed by atoms with van der Waals surface area (Å²) in [4.78, 5) is 28.9. The fourth-order valence-corrected chi connectivity index (χ4v) is 6.09. The van der Waals surface area contributed by atoms with Gasteiger partial charge < -0.3 is 0 Å². The Morgan fingerprint density at radius 3 is 0.917 bits per heavy atom. The molecule has 7 heteroatoms. The van der Waals surface area contributed by atoms with E-state index in [9.17, 15) is 0 Å². The van der Waals surface area contributed by atoms with Crippen LogP contribution in [0.25, 0.3) is 0 Å². The number of rotatable bonds is 14. The van der Waals surface area contributed by atoms with E-state index in [-0.39, 0.29) is 0 Å². The molecule has 0 aliphatic heterocycles. The first-order valence-electron chi connectivity index (χ1n) is 17.4. The molecular formula is C41H51N7. The maximum absolute atomic E-state index is 5.33. The molecule has 0 aliphatic carbocycles. The van der Waals surface area contributed by atoms with Crippen molar-refractivity contribution in [2.24, 2.45) is 23.7 Å². The Kier molecular flexibility index (Phi) is 11.5. The van der Waals surface area contributed by atoms with E-state index in [1.165, 1.54) is 22.3 Å². The summed E-state index contributed by atoms with van der Waals surface area (Å²) >= 11 is 0. The van der Waals surface area contributed by atoms with Gasteiger partial charge in [-0.2, -0.15) is 0 Å². The Balaban J connectivity index is 1.68. The second-order valence-electron chi connectivity index (χ2n) is 14.5. The van der Waals surface area contributed by atoms with Crippen LogP contribution in [0.4, 0.5) is 34.9 Å². The van der Waals surface area contributed by atoms with Crippen LogP contribution < -0.4 is 9.80 Å². The Morgan fingerprint density at radius 2 is 0.667 bits per heavy atom. The number of hydrogen-bond acceptors (Lipinski definition) is 7. The van der Waals surface area contributed by atoms with Crippen molar-refractivity contribution in [3.8, 4) is 0 Å². The Hall–Kier alpha value is -4.65. The molecule has 0 saturated heterocycles. The van der Waals surface area contributed by atoms with Crippen molar-refractivity contribution in [3.63, 3.8) is 0 Å². The van der Waals surface area contributed by atoms with Crippen molar-refractivity contribution in [3.05, 3.63) is 114 Å². The van der Waals surface area contributed by atoms with Gasteiger partial charge >= 0.3 is 0 Å². The molecule has 7 nitrogen and oxygen atoms in total. The van der Waals surface area contributed by atoms with Gasteiger partial charge in [-0.25, -0.2) is 24.9 Å². The SMILES string of the molecule is CC(C)Cc1ccnc(N(c2cc(CC(C)C)ccn2)c2cccc(N(c3cc(CC(C)C)ccn3)c3cc(CC(C)C)ccn3)n2)c1. The number of hydrogen-bond donors (Lipinski definition) is 0. The first kappa shape index (κ1) is 34.7. The molecule has 0 saturated carbocycles. The molecule has 0 aliphatic rings. The minimum Gasteiger partial charge on any atom is -0.262 e. The van der Waals surface area contributed by atoms with E-state index in [4.69, 9.17) is 24.9 Å². The number of pyridine rings is 5. The summed E-state index contributed by atoms with van der Waals surface area (Å²) in [6, 6.07) is 23.2. The molecule has 5 aromatic heterocycles. The van der Waals surface area contributed by atoms with E-state index in [0.717, 1.165) is 60.6 Å². The van der Waals surface area contributed by atoms with Crippen LogP contribution in [-0.2, 0) is 25.7 Å². The smallest absolute Gasteiger partial charge is 0.142 e. The first-order chi connectivity index (χ1) is 23.0. The van der Waals surface area contributed by atoms with E-state index in [2.05, 4.69) is 114 Å². The largest absolute Gasteiger partial charge is 0.262 e. The molecule has 0 atom stereocenters. The fraction of sp³-hybridized carbons (Fsp3) is 0.390. The van der Waals surface area contributed by atoms with Crippen LogP contribution in [0.5, 0.6) is 0 Å². The zero-order valence-electron chi connectivity index (χ0n) is 29.9. The standard InChI is InChI=1S/C41H51N7/c1-28(2)20-32-12-16-42-38(24-32)47(39-25-33(13-17-43-39)21-29(3)4)36-10-9-11-37(46-36)48(40-26-34(14-18-44-40)22-30(5)6)41-27-35(15-19-45-41)23-31(7)8/h9-19,24-31H,20-23H2,1-8H3. The van der Waals surface area contributed by atoms with Crippen molar-refractivity contribution in [2.75, 3.05) is 9.80 Å². The maximum Gasteiger partial charge on any atom is 0.142 e. The van der Waals surface area contributed by atoms with Gasteiger partial charge in [0.2, 0.25) is 0 Å². The van der Waals surface area contributed by atoms with Crippen LogP contribution in [0.3, 0.4) is 0 Å². The number of nitrogens with zero attached hydrogens (tertiary/aromatic N) is 7. The van der Waals surface area contributed by atoms with Gasteiger partial charge in [-0.05, 0) is 132 Å². The van der Waals surface area contributed by atoms with Crippen LogP contribution in [0.2, 0.25) is 0 Å². The summed E-state index contributed by atoms with van der Waals surface area (Å²) in [5.74, 6) is 6.67. The summed E-state index contributed by atoms with van der Waals surface area (Å²) in [5, 5.41) is 0. The molecule has 250 valence electrons. The van der Waals surface area contributed by atoms with Gasteiger partial charge in [0.05, 0.1) is 0 Å². The third kappa shape index (κ3) is 9.24. The lowest BCUT2D eigenvalue weighted by atomic mass is 10.0. The molecule has 0 radical (unpaired) electrons. The van der Waals surface area contributed by atoms with Gasteiger partial charge in [0.25, 0.3) is 0 Å². The lowest BCUT2D eigenvalue weighted by Gasteiger charge is -2.27. The molecular weight excluding hydrogens is 591 g/mol. The summed E-state index contributed by atoms with van der Waals surface area (Å²) in [6.45, 7) is 17.9. The van der Waals surface area contributed by atoms with Crippen LogP contribution in [-0.4, -0.2) is 24.9 Å². The second kappa shape index (κ2) is 16.0. The Labute approximate surface area is 287 Å². The lowest BCUT2D eigenvalue weighted by Crippen LogP contribution is -2.19. The van der Waals surface area contributed by atoms with Gasteiger partial charge in [-0.1, -0.05) is 61.5 Å². The quantitative estimate of drug-likeness (QED) is 0.119. The summed E-state index contributed by atoms with van der Waals surface area (Å²) < 4.78 is 0. The summed E-state index contributed by atoms with van der Waals surface area (Å²) in [7, 11) is 0. The van der Waals surface area contributed by atoms with Crippen molar-refractivity contribution < 1.29 is 0 Å². The van der Waals surface area contributed by atoms with Crippen LogP contribution in [0, 0.1) is 23.7 Å². The van der Waals surface area contributed by atoms with Crippen molar-refractivity contribution in [2.45, 2.75) is 81.1 Å². The monoisotopic (exact) mass is 641 g/mol. The highest BCUT2D eigenvalue weighted by Gasteiger charge is 2.22. The third-order valence-electron chi connectivity index (χ3n) is 7.91. The average molecular weight is 642 g/mol. The topological polar surface area (TPSA) is 70.9 Å². The van der Waals surface area contributed by atoms with E-state index < -0.39 is 0 Å². The first-order valence-corrected chi connectivity index (χ1v) is 17.4. The Morgan fingerprint density at radius 1 is 0.396 bits per heavy atom. The van der Waals surface area contributed by atoms with E-state index >= 15 is 0 Å². The number of aromatic nitrogens is 5. The fourth-order valence-electron chi connectivity index (χ4n) is 6.09. The van der Waals surface area contributed by atoms with E-state index in [0.29, 0.717) is 23.7 Å². The van der Waals surface area contributed by atoms with Gasteiger partial charge in [-0.3, -0.25) is 9.80 Å². The number of anilines is 6. The molecule has 0 aromatic carbocycles. The predicted octanol–water partition coefficient (Wildman–Crippen LogP) is 10.4. The summed E-state index contributed by atoms with van der Waals surface area (Å²) in [6.07, 6.45) is 11.4. The molecule has 5 heterocycles. The second-order valence-corrected chi connectivity index (χ2v) is 14.5. The molecule has 48 heavy (non-hydrogen) atoms. The van der Waals surface area contributed by atoms with Crippen LogP contribution in [0.1, 0.15) is 77.6 Å². The minimum absolute atomic E-state index is 0.522. The third-order valence-corrected chi connectivity index (χ3v) is 7.91. The zero-order valence-corrected chi connectivity index (χ0v) is 29.9. The van der Waals surface area contributed by atoms with E-state index in [1.807, 2.05) is 43.0 Å². The highest BCUT2D eigenvalue weighted by Crippen LogP contribution is 2.37. The Bertz CT molecular complexity index is 1550. The highest BCUT2D eigenvalue weighted by molar-refractivity contribution is 5.75. The van der Waals surface area contributed by atoms with Crippen molar-refractivity contribution >= 4 is 34.9 Å². The van der Waals surface area contributed by atoms with Crippen LogP contribution >= 0.6 is 0 Å². The van der Waals surface area contributed by atoms with Gasteiger partial charge in [-0.15, -0.1) is 0 Å². The average Bonchev–Trinajstić information content (AvgIpc) is 3.01. The highest BCUT2D eigenvalue weighted by atomic mass is 15.3. The molecule has 0 bridgehead atoms. The molecule has 0 unspecified atom stereocenters. The zero-order chi connectivity index (χ0) is 34.2. The molecule has 0 amide bonds. The molecule has 0 N–H and O–H groups in total. The molecule has 5 rings (SSSR count). The molecule has 0 fully saturated rings. The lowest BCUT2D eigenvalue weighted by molar-refractivity contribution is 0.646. The van der Waals surface area contributed by atoms with Gasteiger partial charge in [0, 0.05) is 24.8 Å². The summed E-state index contributed by atoms with van der Waals surface area (Å²) in [5.41, 5.74) is 4.92. The maximum atomic E-state index is 5.33. The molecule has 0 spiro atoms. The predicted molar refractivity (Wildman–Crippen MR) is 199 cm³/mol. The molecule has 5 aromatic rings. The van der Waals surface area contributed by atoms with Gasteiger partial charge in [0.1, 0.15) is 34.9 Å². The van der Waals surface area contributed by atoms with Crippen molar-refractivity contribution in [1.82, 2.24) is 24.9 Å². The van der Waals surface area contributed by atoms with Crippen LogP contribution in [0.15, 0.2) is 91.5 Å². The van der Waals surface area contributed by atoms with E-state index in [1.54, 1.807) is 0 Å². The minimum atomic E-state index is 0.522. The van der Waals surface area contributed by atoms with Gasteiger partial charge in [0.15, 0.2) is 0 Å². The normalized spacial score (nSPS) is 11.6. The van der Waals surface area contributed by atoms with Crippen molar-refractivity contribution in [1.29, 1.82) is 0 Å².